The molecule has 1 rings (SSSR count). The molecule has 0 spiro atoms. The van der Waals surface area contributed by atoms with E-state index >= 15 is 0 Å². The fourth-order valence-electron chi connectivity index (χ4n) is 1.31. The van der Waals surface area contributed by atoms with Crippen LogP contribution < -0.4 is 5.32 Å². The zero-order valence-corrected chi connectivity index (χ0v) is 11.4. The van der Waals surface area contributed by atoms with Gasteiger partial charge in [0.15, 0.2) is 0 Å². The maximum Gasteiger partial charge on any atom is 0.408 e. The summed E-state index contributed by atoms with van der Waals surface area (Å²) in [4.78, 5) is 27.4. The van der Waals surface area contributed by atoms with E-state index in [2.05, 4.69) is 10.3 Å². The molecule has 0 aliphatic rings. The highest BCUT2D eigenvalue weighted by molar-refractivity contribution is 5.99. The van der Waals surface area contributed by atoms with E-state index in [4.69, 9.17) is 4.74 Å². The van der Waals surface area contributed by atoms with Gasteiger partial charge in [-0.3, -0.25) is 4.79 Å². The topological polar surface area (TPSA) is 73.2 Å². The second-order valence-electron chi connectivity index (χ2n) is 5.16. The minimum Gasteiger partial charge on any atom is -0.444 e. The lowest BCUT2D eigenvalue weighted by atomic mass is 10.1. The number of rotatable bonds is 3. The quantitative estimate of drug-likeness (QED) is 0.829. The molecule has 0 bridgehead atoms. The van der Waals surface area contributed by atoms with Crippen LogP contribution in [0.15, 0.2) is 12.5 Å². The number of carbonyl (C=O) groups is 2. The van der Waals surface area contributed by atoms with E-state index in [1.54, 1.807) is 45.5 Å². The summed E-state index contributed by atoms with van der Waals surface area (Å²) in [5.41, 5.74) is -0.265. The van der Waals surface area contributed by atoms with Crippen LogP contribution in [0, 0.1) is 0 Å². The lowest BCUT2D eigenvalue weighted by molar-refractivity contribution is 0.0496. The summed E-state index contributed by atoms with van der Waals surface area (Å²) in [6.07, 6.45) is 2.53. The molecule has 1 aromatic heterocycles. The predicted octanol–water partition coefficient (Wildman–Crippen LogP) is 1.52. The van der Waals surface area contributed by atoms with Crippen LogP contribution >= 0.6 is 0 Å². The number of aromatic nitrogens is 2. The Bertz CT molecular complexity index is 446. The van der Waals surface area contributed by atoms with Crippen molar-refractivity contribution in [1.29, 1.82) is 0 Å². The van der Waals surface area contributed by atoms with E-state index in [9.17, 15) is 9.59 Å². The normalized spacial score (nSPS) is 12.9. The van der Waals surface area contributed by atoms with Crippen LogP contribution in [0.2, 0.25) is 0 Å². The summed E-state index contributed by atoms with van der Waals surface area (Å²) >= 11 is 0. The number of nitrogens with one attached hydrogen (secondary N) is 1. The van der Waals surface area contributed by atoms with Gasteiger partial charge in [-0.05, 0) is 27.7 Å². The molecule has 1 heterocycles. The molecule has 0 aromatic carbocycles. The van der Waals surface area contributed by atoms with Crippen LogP contribution in [-0.4, -0.2) is 33.1 Å². The first-order chi connectivity index (χ1) is 8.19. The van der Waals surface area contributed by atoms with Gasteiger partial charge in [0.2, 0.25) is 5.78 Å². The van der Waals surface area contributed by atoms with Crippen molar-refractivity contribution in [2.45, 2.75) is 39.3 Å². The van der Waals surface area contributed by atoms with Gasteiger partial charge in [0.05, 0.1) is 12.4 Å². The van der Waals surface area contributed by atoms with Gasteiger partial charge in [-0.15, -0.1) is 0 Å². The Hall–Kier alpha value is -1.85. The number of carbonyl (C=O) groups excluding carboxylic acids is 2. The number of hydrogen-bond donors (Lipinski definition) is 1. The van der Waals surface area contributed by atoms with Crippen molar-refractivity contribution < 1.29 is 14.3 Å². The fraction of sp³-hybridized carbons (Fsp3) is 0.583. The lowest BCUT2D eigenvalue weighted by Crippen LogP contribution is -2.41. The molecule has 0 radical (unpaired) electrons. The molecule has 1 aromatic rings. The summed E-state index contributed by atoms with van der Waals surface area (Å²) in [7, 11) is 1.77. The molecule has 0 fully saturated rings. The third kappa shape index (κ3) is 4.20. The summed E-state index contributed by atoms with van der Waals surface area (Å²) in [5, 5.41) is 2.48. The molecule has 18 heavy (non-hydrogen) atoms. The van der Waals surface area contributed by atoms with Gasteiger partial charge >= 0.3 is 6.09 Å². The van der Waals surface area contributed by atoms with Crippen molar-refractivity contribution in [1.82, 2.24) is 14.9 Å². The third-order valence-corrected chi connectivity index (χ3v) is 2.08. The van der Waals surface area contributed by atoms with Crippen molar-refractivity contribution in [3.05, 3.63) is 18.2 Å². The van der Waals surface area contributed by atoms with Crippen LogP contribution in [-0.2, 0) is 11.8 Å². The Morgan fingerprint density at radius 3 is 2.50 bits per heavy atom. The number of imidazole rings is 1. The Morgan fingerprint density at radius 1 is 1.44 bits per heavy atom. The van der Waals surface area contributed by atoms with Gasteiger partial charge in [-0.25, -0.2) is 9.78 Å². The van der Waals surface area contributed by atoms with Crippen LogP contribution in [0.1, 0.15) is 38.2 Å². The van der Waals surface area contributed by atoms with Gasteiger partial charge in [0.1, 0.15) is 11.3 Å². The van der Waals surface area contributed by atoms with E-state index in [0.717, 1.165) is 0 Å². The summed E-state index contributed by atoms with van der Waals surface area (Å²) in [6, 6.07) is -0.672. The number of nitrogens with zero attached hydrogens (tertiary/aromatic N) is 2. The first kappa shape index (κ1) is 14.2. The van der Waals surface area contributed by atoms with Crippen LogP contribution in [0.5, 0.6) is 0 Å². The Balaban J connectivity index is 2.58. The molecule has 1 amide bonds. The number of aryl methyl sites for hydroxylation is 1. The highest BCUT2D eigenvalue weighted by Gasteiger charge is 2.22. The summed E-state index contributed by atoms with van der Waals surface area (Å²) in [5.74, 6) is -0.249. The standard InChI is InChI=1S/C12H19N3O3/c1-8(14-11(17)18-12(2,3)4)10(16)9-6-15(5)7-13-9/h6-8H,1-5H3,(H,14,17)/t8-/m0/s1. The molecule has 1 atom stereocenters. The predicted molar refractivity (Wildman–Crippen MR) is 66.4 cm³/mol. The van der Waals surface area contributed by atoms with Crippen molar-refractivity contribution in [3.8, 4) is 0 Å². The number of ether oxygens (including phenoxy) is 1. The van der Waals surface area contributed by atoms with Crippen molar-refractivity contribution in [3.63, 3.8) is 0 Å². The first-order valence-corrected chi connectivity index (χ1v) is 5.71. The van der Waals surface area contributed by atoms with Gasteiger partial charge in [-0.1, -0.05) is 0 Å². The van der Waals surface area contributed by atoms with Gasteiger partial charge < -0.3 is 14.6 Å². The fourth-order valence-corrected chi connectivity index (χ4v) is 1.31. The average molecular weight is 253 g/mol. The third-order valence-electron chi connectivity index (χ3n) is 2.08. The number of Topliss-reactive ketones (excluding diaryl/α,β-unsaturated/α-hetero) is 1. The van der Waals surface area contributed by atoms with Crippen molar-refractivity contribution in [2.75, 3.05) is 0 Å². The Labute approximate surface area is 106 Å². The van der Waals surface area contributed by atoms with E-state index in [-0.39, 0.29) is 5.78 Å². The lowest BCUT2D eigenvalue weighted by Gasteiger charge is -2.21. The minimum absolute atomic E-state index is 0.249. The first-order valence-electron chi connectivity index (χ1n) is 5.71. The summed E-state index contributed by atoms with van der Waals surface area (Å²) in [6.45, 7) is 6.88. The van der Waals surface area contributed by atoms with Crippen molar-refractivity contribution in [2.24, 2.45) is 7.05 Å². The summed E-state index contributed by atoms with van der Waals surface area (Å²) < 4.78 is 6.75. The van der Waals surface area contributed by atoms with E-state index < -0.39 is 17.7 Å². The van der Waals surface area contributed by atoms with Gasteiger partial charge in [0.25, 0.3) is 0 Å². The maximum atomic E-state index is 11.9. The molecular formula is C12H19N3O3. The Kier molecular flexibility index (Phi) is 4.11. The van der Waals surface area contributed by atoms with Crippen molar-refractivity contribution >= 4 is 11.9 Å². The molecule has 0 aliphatic carbocycles. The van der Waals surface area contributed by atoms with Crippen LogP contribution in [0.4, 0.5) is 4.79 Å². The van der Waals surface area contributed by atoms with Crippen LogP contribution in [0.25, 0.3) is 0 Å². The van der Waals surface area contributed by atoms with E-state index in [1.807, 2.05) is 0 Å². The number of hydrogen-bond acceptors (Lipinski definition) is 4. The SMILES string of the molecule is C[C@H](NC(=O)OC(C)(C)C)C(=O)c1cn(C)cn1. The number of amides is 1. The second kappa shape index (κ2) is 5.20. The van der Waals surface area contributed by atoms with Gasteiger partial charge in [-0.2, -0.15) is 0 Å². The highest BCUT2D eigenvalue weighted by Crippen LogP contribution is 2.07. The highest BCUT2D eigenvalue weighted by atomic mass is 16.6. The monoisotopic (exact) mass is 253 g/mol. The number of alkyl carbamates (subject to hydrolysis) is 1. The molecule has 6 heteroatoms. The molecule has 0 saturated carbocycles. The zero-order chi connectivity index (χ0) is 13.9. The minimum atomic E-state index is -0.672. The molecular weight excluding hydrogens is 234 g/mol. The maximum absolute atomic E-state index is 11.9. The van der Waals surface area contributed by atoms with Gasteiger partial charge in [0, 0.05) is 13.2 Å². The largest absolute Gasteiger partial charge is 0.444 e. The smallest absolute Gasteiger partial charge is 0.408 e. The molecule has 0 unspecified atom stereocenters. The molecule has 1 N–H and O–H groups in total. The van der Waals surface area contributed by atoms with Crippen LogP contribution in [0.3, 0.4) is 0 Å². The average Bonchev–Trinajstić information content (AvgIpc) is 2.60. The Morgan fingerprint density at radius 2 is 2.06 bits per heavy atom. The number of ketones is 1. The van der Waals surface area contributed by atoms with E-state index in [0.29, 0.717) is 5.69 Å². The molecule has 100 valence electrons. The van der Waals surface area contributed by atoms with E-state index in [1.165, 1.54) is 6.33 Å². The molecule has 0 saturated heterocycles. The second-order valence-corrected chi connectivity index (χ2v) is 5.16. The molecule has 0 aliphatic heterocycles. The zero-order valence-electron chi connectivity index (χ0n) is 11.4. The molecule has 6 nitrogen and oxygen atoms in total.